The van der Waals surface area contributed by atoms with E-state index in [-0.39, 0.29) is 45.7 Å². The molecule has 2 atom stereocenters. The Balaban J connectivity index is 0.977. The Hall–Kier alpha value is -4.33. The first kappa shape index (κ1) is 42.0. The summed E-state index contributed by atoms with van der Waals surface area (Å²) >= 11 is 3.62. The lowest BCUT2D eigenvalue weighted by atomic mass is 9.39. The minimum Gasteiger partial charge on any atom is -0.476 e. The lowest BCUT2D eigenvalue weighted by Gasteiger charge is -2.69. The summed E-state index contributed by atoms with van der Waals surface area (Å²) in [6, 6.07) is 22.6. The maximum atomic E-state index is 13.6. The summed E-state index contributed by atoms with van der Waals surface area (Å²) < 4.78 is 41.9. The molecule has 1 amide bonds. The van der Waals surface area contributed by atoms with Gasteiger partial charge in [-0.2, -0.15) is 13.5 Å². The number of para-hydroxylation sites is 1. The smallest absolute Gasteiger partial charge is 0.355 e. The fourth-order valence-corrected chi connectivity index (χ4v) is 14.0. The number of benzene rings is 3. The number of thiazole rings is 1. The molecule has 4 aliphatic rings. The highest BCUT2D eigenvalue weighted by Gasteiger charge is 2.66. The second kappa shape index (κ2) is 15.5. The van der Waals surface area contributed by atoms with E-state index in [1.54, 1.807) is 6.07 Å². The number of hydrogen-bond acceptors (Lipinski definition) is 10. The molecule has 4 saturated carbocycles. The van der Waals surface area contributed by atoms with Crippen LogP contribution in [0, 0.1) is 26.9 Å². The molecule has 10 rings (SSSR count). The van der Waals surface area contributed by atoms with Crippen molar-refractivity contribution in [3.8, 4) is 22.4 Å². The number of pyridine rings is 1. The number of anilines is 1. The van der Waals surface area contributed by atoms with E-state index in [1.165, 1.54) is 11.3 Å². The minimum absolute atomic E-state index is 0.0765. The van der Waals surface area contributed by atoms with Gasteiger partial charge in [0.2, 0.25) is 0 Å². The van der Waals surface area contributed by atoms with E-state index in [0.29, 0.717) is 56.3 Å². The fourth-order valence-electron chi connectivity index (χ4n) is 11.8. The van der Waals surface area contributed by atoms with E-state index in [9.17, 15) is 23.1 Å². The number of aromatic carboxylic acids is 1. The lowest BCUT2D eigenvalue weighted by molar-refractivity contribution is -0.247. The molecule has 2 unspecified atom stereocenters. The predicted octanol–water partition coefficient (Wildman–Crippen LogP) is 8.85. The van der Waals surface area contributed by atoms with Crippen LogP contribution >= 0.6 is 33.9 Å². The summed E-state index contributed by atoms with van der Waals surface area (Å²) in [6.07, 6.45) is 6.06. The molecular weight excluding hydrogens is 928 g/mol. The van der Waals surface area contributed by atoms with E-state index in [4.69, 9.17) is 19.4 Å². The molecule has 61 heavy (non-hydrogen) atoms. The van der Waals surface area contributed by atoms with Crippen LogP contribution < -0.4 is 10.6 Å². The second-order valence-corrected chi connectivity index (χ2v) is 21.9. The normalized spacial score (nSPS) is 24.5. The molecule has 3 aromatic carbocycles. The largest absolute Gasteiger partial charge is 0.476 e. The van der Waals surface area contributed by atoms with Crippen molar-refractivity contribution < 1.29 is 32.4 Å². The van der Waals surface area contributed by atoms with E-state index in [2.05, 4.69) is 56.7 Å². The van der Waals surface area contributed by atoms with Crippen LogP contribution in [-0.2, 0) is 21.4 Å². The summed E-state index contributed by atoms with van der Waals surface area (Å²) in [4.78, 5) is 35.9. The number of nitrogens with one attached hydrogen (secondary N) is 2. The molecule has 0 saturated heterocycles. The van der Waals surface area contributed by atoms with Crippen LogP contribution in [0.1, 0.15) is 78.9 Å². The molecular formula is C45H47IN6O7S2. The van der Waals surface area contributed by atoms with Gasteiger partial charge in [-0.25, -0.2) is 14.8 Å². The van der Waals surface area contributed by atoms with Gasteiger partial charge in [0.25, 0.3) is 16.0 Å². The molecule has 318 valence electrons. The van der Waals surface area contributed by atoms with Crippen LogP contribution in [0.3, 0.4) is 0 Å². The Morgan fingerprint density at radius 2 is 1.70 bits per heavy atom. The number of fused-ring (bicyclic) bond motifs is 2. The quantitative estimate of drug-likeness (QED) is 0.0464. The number of carbonyl (C=O) groups is 2. The highest BCUT2D eigenvalue weighted by Crippen LogP contribution is 2.72. The number of halogens is 1. The Kier molecular flexibility index (Phi) is 10.7. The maximum Gasteiger partial charge on any atom is 0.355 e. The summed E-state index contributed by atoms with van der Waals surface area (Å²) in [5, 5.41) is 23.8. The van der Waals surface area contributed by atoms with Crippen LogP contribution in [0.2, 0.25) is 0 Å². The molecule has 6 aromatic rings. The highest BCUT2D eigenvalue weighted by molar-refractivity contribution is 14.1. The van der Waals surface area contributed by atoms with Gasteiger partial charge in [-0.3, -0.25) is 19.3 Å². The highest BCUT2D eigenvalue weighted by atomic mass is 127. The third-order valence-electron chi connectivity index (χ3n) is 12.8. The van der Waals surface area contributed by atoms with Gasteiger partial charge in [-0.1, -0.05) is 61.6 Å². The monoisotopic (exact) mass is 974 g/mol. The van der Waals surface area contributed by atoms with Crippen molar-refractivity contribution in [3.05, 3.63) is 93.4 Å². The standard InChI is InChI=1S/C45H47IN6O7S2/c1-27-36(38(46)51-52(27)26-44-21-42(2)20-43(3,22-44)24-45(23-42,25-44)59-17-15-47-16-18-61(56,57)58)31-13-14-33(48-37(31)40(54)55)29-12-11-28-7-6-8-30(32(28)19-29)39(53)50-41-49-34-9-4-5-10-35(34)60-41/h4-14,19,47H,15-18,20-26H2,1-3H3,(H,54,55)(H,49,50,53)(H,56,57,58). The lowest BCUT2D eigenvalue weighted by Crippen LogP contribution is -2.64. The molecule has 3 aromatic heterocycles. The van der Waals surface area contributed by atoms with Crippen LogP contribution in [0.15, 0.2) is 72.8 Å². The Morgan fingerprint density at radius 1 is 0.934 bits per heavy atom. The first-order chi connectivity index (χ1) is 28.9. The van der Waals surface area contributed by atoms with Gasteiger partial charge in [0.05, 0.1) is 33.9 Å². The predicted molar refractivity (Wildman–Crippen MR) is 245 cm³/mol. The van der Waals surface area contributed by atoms with E-state index in [0.717, 1.165) is 65.4 Å². The molecule has 0 spiro atoms. The number of amides is 1. The van der Waals surface area contributed by atoms with E-state index < -0.39 is 16.1 Å². The van der Waals surface area contributed by atoms with Crippen molar-refractivity contribution in [2.45, 2.75) is 71.4 Å². The summed E-state index contributed by atoms with van der Waals surface area (Å²) in [7, 11) is -4.02. The van der Waals surface area contributed by atoms with Gasteiger partial charge in [-0.05, 0) is 131 Å². The van der Waals surface area contributed by atoms with Gasteiger partial charge in [-0.15, -0.1) is 0 Å². The van der Waals surface area contributed by atoms with Crippen molar-refractivity contribution in [2.24, 2.45) is 16.2 Å². The molecule has 0 radical (unpaired) electrons. The zero-order valence-corrected chi connectivity index (χ0v) is 37.9. The average molecular weight is 975 g/mol. The van der Waals surface area contributed by atoms with Gasteiger partial charge < -0.3 is 15.2 Å². The van der Waals surface area contributed by atoms with Gasteiger partial charge in [0, 0.05) is 47.6 Å². The Labute approximate surface area is 371 Å². The van der Waals surface area contributed by atoms with Crippen LogP contribution in [-0.4, -0.2) is 80.8 Å². The van der Waals surface area contributed by atoms with Crippen LogP contribution in [0.5, 0.6) is 0 Å². The van der Waals surface area contributed by atoms with Crippen molar-refractivity contribution in [3.63, 3.8) is 0 Å². The summed E-state index contributed by atoms with van der Waals surface area (Å²) in [5.41, 5.74) is 4.28. The van der Waals surface area contributed by atoms with Gasteiger partial charge in [0.1, 0.15) is 3.70 Å². The third-order valence-corrected chi connectivity index (χ3v) is 15.3. The molecule has 16 heteroatoms. The number of carboxylic acid groups (broad SMARTS) is 1. The Morgan fingerprint density at radius 3 is 2.44 bits per heavy atom. The minimum atomic E-state index is -4.02. The number of carbonyl (C=O) groups excluding carboxylic acids is 1. The van der Waals surface area contributed by atoms with Crippen molar-refractivity contribution in [1.29, 1.82) is 0 Å². The molecule has 4 aliphatic carbocycles. The number of nitrogens with zero attached hydrogens (tertiary/aromatic N) is 4. The van der Waals surface area contributed by atoms with Crippen molar-refractivity contribution in [2.75, 3.05) is 30.8 Å². The molecule has 4 bridgehead atoms. The zero-order valence-electron chi connectivity index (χ0n) is 34.1. The van der Waals surface area contributed by atoms with Gasteiger partial charge >= 0.3 is 5.97 Å². The van der Waals surface area contributed by atoms with Crippen molar-refractivity contribution >= 4 is 82.0 Å². The summed E-state index contributed by atoms with van der Waals surface area (Å²) in [5.74, 6) is -1.78. The van der Waals surface area contributed by atoms with Crippen molar-refractivity contribution in [1.82, 2.24) is 25.1 Å². The summed E-state index contributed by atoms with van der Waals surface area (Å²) in [6.45, 7) is 8.53. The van der Waals surface area contributed by atoms with Gasteiger partial charge in [0.15, 0.2) is 10.8 Å². The first-order valence-electron chi connectivity index (χ1n) is 20.4. The Bertz CT molecular complexity index is 2810. The number of hydrogen-bond donors (Lipinski definition) is 4. The topological polar surface area (TPSA) is 186 Å². The number of ether oxygens (including phenoxy) is 1. The molecule has 4 fully saturated rings. The van der Waals surface area contributed by atoms with Crippen LogP contribution in [0.4, 0.5) is 5.13 Å². The SMILES string of the molecule is Cc1c(-c2ccc(-c3ccc4cccc(C(=O)Nc5nc6ccccc6s5)c4c3)nc2C(=O)O)c(I)nn1CC12CC3(C)CC(C)(C1)CC(OCCNCCS(=O)(=O)O)(C3)C2. The van der Waals surface area contributed by atoms with E-state index in [1.807, 2.05) is 73.7 Å². The number of carboxylic acids is 1. The maximum absolute atomic E-state index is 13.6. The molecule has 4 N–H and O–H groups in total. The number of aromatic nitrogens is 4. The molecule has 0 aliphatic heterocycles. The zero-order chi connectivity index (χ0) is 43.0. The molecule has 13 nitrogen and oxygen atoms in total. The fraction of sp³-hybridized carbons (Fsp3) is 0.400. The number of rotatable bonds is 14. The first-order valence-corrected chi connectivity index (χ1v) is 23.9. The second-order valence-electron chi connectivity index (χ2n) is 18.2. The van der Waals surface area contributed by atoms with E-state index >= 15 is 0 Å². The average Bonchev–Trinajstić information content (AvgIpc) is 3.71. The van der Waals surface area contributed by atoms with Crippen LogP contribution in [0.25, 0.3) is 43.4 Å². The third kappa shape index (κ3) is 8.34. The molecule has 3 heterocycles.